The lowest BCUT2D eigenvalue weighted by Crippen LogP contribution is -2.50. The van der Waals surface area contributed by atoms with E-state index < -0.39 is 0 Å². The molecule has 1 saturated heterocycles. The highest BCUT2D eigenvalue weighted by Gasteiger charge is 2.38. The van der Waals surface area contributed by atoms with Crippen LogP contribution in [-0.2, 0) is 11.3 Å². The molecule has 0 unspecified atom stereocenters. The molecule has 23 heavy (non-hydrogen) atoms. The van der Waals surface area contributed by atoms with Gasteiger partial charge in [0.1, 0.15) is 5.69 Å². The van der Waals surface area contributed by atoms with E-state index in [4.69, 9.17) is 4.74 Å². The predicted molar refractivity (Wildman–Crippen MR) is 80.8 cm³/mol. The molecule has 8 heteroatoms. The van der Waals surface area contributed by atoms with Crippen molar-refractivity contribution in [3.05, 3.63) is 29.8 Å². The average Bonchev–Trinajstić information content (AvgIpc) is 3.22. The Morgan fingerprint density at radius 1 is 1.43 bits per heavy atom. The van der Waals surface area contributed by atoms with Crippen LogP contribution in [-0.4, -0.2) is 54.8 Å². The Morgan fingerprint density at radius 3 is 3.09 bits per heavy atom. The normalized spacial score (nSPS) is 23.7. The van der Waals surface area contributed by atoms with Crippen molar-refractivity contribution in [3.8, 4) is 0 Å². The van der Waals surface area contributed by atoms with Gasteiger partial charge in [0.05, 0.1) is 30.6 Å². The molecule has 0 bridgehead atoms. The van der Waals surface area contributed by atoms with Crippen LogP contribution >= 0.6 is 0 Å². The Kier molecular flexibility index (Phi) is 3.41. The number of fused-ring (bicyclic) bond motifs is 3. The maximum atomic E-state index is 12.7. The Balaban J connectivity index is 1.54. The molecule has 8 nitrogen and oxygen atoms in total. The molecule has 0 radical (unpaired) electrons. The van der Waals surface area contributed by atoms with E-state index in [-0.39, 0.29) is 24.1 Å². The van der Waals surface area contributed by atoms with Gasteiger partial charge in [-0.15, -0.1) is 5.10 Å². The summed E-state index contributed by atoms with van der Waals surface area (Å²) < 4.78 is 9.59. The molecule has 0 saturated carbocycles. The monoisotopic (exact) mass is 316 g/mol. The van der Waals surface area contributed by atoms with E-state index in [1.165, 1.54) is 0 Å². The maximum absolute atomic E-state index is 12.7. The molecule has 0 aromatic carbocycles. The zero-order valence-electron chi connectivity index (χ0n) is 13.3. The van der Waals surface area contributed by atoms with Gasteiger partial charge in [0.15, 0.2) is 0 Å². The lowest BCUT2D eigenvalue weighted by atomic mass is 10.00. The molecule has 1 amide bonds. The Hall–Kier alpha value is -2.22. The number of amides is 1. The van der Waals surface area contributed by atoms with Crippen LogP contribution in [0.15, 0.2) is 18.5 Å². The van der Waals surface area contributed by atoms with Crippen molar-refractivity contribution < 1.29 is 9.53 Å². The van der Waals surface area contributed by atoms with Gasteiger partial charge in [-0.3, -0.25) is 9.48 Å². The molecule has 2 aromatic rings. The van der Waals surface area contributed by atoms with Gasteiger partial charge >= 0.3 is 0 Å². The third-order valence-electron chi connectivity index (χ3n) is 4.57. The highest BCUT2D eigenvalue weighted by Crippen LogP contribution is 2.30. The standard InChI is InChI=1S/C15H20N6O2/c1-10(2)20-6-3-12(17-20)15(22)19-5-4-14-13(8-19)21-11(9-23-14)7-16-18-21/h3,6-7,10,13-14H,4-5,8-9H2,1-2H3/t13-,14+/m1/s1. The molecule has 1 fully saturated rings. The van der Waals surface area contributed by atoms with Crippen molar-refractivity contribution in [2.24, 2.45) is 0 Å². The minimum absolute atomic E-state index is 0.0323. The molecule has 4 rings (SSSR count). The summed E-state index contributed by atoms with van der Waals surface area (Å²) in [6.07, 6.45) is 4.48. The van der Waals surface area contributed by atoms with E-state index in [9.17, 15) is 4.79 Å². The van der Waals surface area contributed by atoms with Crippen LogP contribution in [0, 0.1) is 0 Å². The molecule has 0 spiro atoms. The number of carbonyl (C=O) groups is 1. The number of hydrogen-bond donors (Lipinski definition) is 0. The number of rotatable bonds is 2. The maximum Gasteiger partial charge on any atom is 0.274 e. The molecule has 2 aromatic heterocycles. The first-order valence-electron chi connectivity index (χ1n) is 7.98. The van der Waals surface area contributed by atoms with E-state index in [0.29, 0.717) is 25.4 Å². The fourth-order valence-electron chi connectivity index (χ4n) is 3.27. The van der Waals surface area contributed by atoms with Gasteiger partial charge in [-0.2, -0.15) is 5.10 Å². The van der Waals surface area contributed by atoms with Gasteiger partial charge in [0.25, 0.3) is 5.91 Å². The van der Waals surface area contributed by atoms with E-state index in [2.05, 4.69) is 15.4 Å². The Bertz CT molecular complexity index is 721. The summed E-state index contributed by atoms with van der Waals surface area (Å²) in [5, 5.41) is 12.5. The largest absolute Gasteiger partial charge is 0.370 e. The molecule has 122 valence electrons. The van der Waals surface area contributed by atoms with Gasteiger partial charge in [-0.1, -0.05) is 5.21 Å². The first-order chi connectivity index (χ1) is 11.1. The van der Waals surface area contributed by atoms with Gasteiger partial charge < -0.3 is 9.64 Å². The van der Waals surface area contributed by atoms with Crippen LogP contribution in [0.1, 0.15) is 48.5 Å². The second-order valence-electron chi connectivity index (χ2n) is 6.40. The molecule has 0 aliphatic carbocycles. The fraction of sp³-hybridized carbons (Fsp3) is 0.600. The van der Waals surface area contributed by atoms with Crippen LogP contribution in [0.25, 0.3) is 0 Å². The van der Waals surface area contributed by atoms with Crippen LogP contribution in [0.3, 0.4) is 0 Å². The Morgan fingerprint density at radius 2 is 2.30 bits per heavy atom. The number of carbonyl (C=O) groups excluding carboxylic acids is 1. The number of likely N-dealkylation sites (tertiary alicyclic amines) is 1. The number of nitrogens with zero attached hydrogens (tertiary/aromatic N) is 6. The summed E-state index contributed by atoms with van der Waals surface area (Å²) in [5.74, 6) is -0.0323. The molecule has 2 aliphatic rings. The smallest absolute Gasteiger partial charge is 0.274 e. The van der Waals surface area contributed by atoms with Crippen LogP contribution in [0.2, 0.25) is 0 Å². The first-order valence-corrected chi connectivity index (χ1v) is 7.98. The van der Waals surface area contributed by atoms with Gasteiger partial charge in [-0.25, -0.2) is 4.68 Å². The fourth-order valence-corrected chi connectivity index (χ4v) is 3.27. The van der Waals surface area contributed by atoms with E-state index in [1.807, 2.05) is 29.6 Å². The zero-order valence-corrected chi connectivity index (χ0v) is 13.3. The predicted octanol–water partition coefficient (Wildman–Crippen LogP) is 1.04. The number of aromatic nitrogens is 5. The molecule has 2 aliphatic heterocycles. The molecule has 2 atom stereocenters. The number of hydrogen-bond acceptors (Lipinski definition) is 5. The first kappa shape index (κ1) is 14.4. The second kappa shape index (κ2) is 5.45. The molecular weight excluding hydrogens is 296 g/mol. The Labute approximate surface area is 134 Å². The van der Waals surface area contributed by atoms with Gasteiger partial charge in [-0.05, 0) is 26.3 Å². The van der Waals surface area contributed by atoms with Crippen LogP contribution < -0.4 is 0 Å². The zero-order chi connectivity index (χ0) is 16.0. The third kappa shape index (κ3) is 2.42. The highest BCUT2D eigenvalue weighted by molar-refractivity contribution is 5.92. The van der Waals surface area contributed by atoms with E-state index >= 15 is 0 Å². The van der Waals surface area contributed by atoms with Crippen molar-refractivity contribution in [1.29, 1.82) is 0 Å². The van der Waals surface area contributed by atoms with Gasteiger partial charge in [0.2, 0.25) is 0 Å². The summed E-state index contributed by atoms with van der Waals surface area (Å²) in [7, 11) is 0. The second-order valence-corrected chi connectivity index (χ2v) is 6.40. The third-order valence-corrected chi connectivity index (χ3v) is 4.57. The number of ether oxygens (including phenoxy) is 1. The quantitative estimate of drug-likeness (QED) is 0.827. The van der Waals surface area contributed by atoms with Crippen LogP contribution in [0.5, 0.6) is 0 Å². The van der Waals surface area contributed by atoms with Crippen molar-refractivity contribution in [1.82, 2.24) is 29.7 Å². The summed E-state index contributed by atoms with van der Waals surface area (Å²) in [6.45, 7) is 5.88. The van der Waals surface area contributed by atoms with Gasteiger partial charge in [0, 0.05) is 25.3 Å². The summed E-state index contributed by atoms with van der Waals surface area (Å²) >= 11 is 0. The van der Waals surface area contributed by atoms with Crippen LogP contribution in [0.4, 0.5) is 0 Å². The topological polar surface area (TPSA) is 78.1 Å². The van der Waals surface area contributed by atoms with E-state index in [1.54, 1.807) is 16.9 Å². The van der Waals surface area contributed by atoms with Crippen molar-refractivity contribution in [2.75, 3.05) is 13.1 Å². The summed E-state index contributed by atoms with van der Waals surface area (Å²) in [5.41, 5.74) is 1.46. The SMILES string of the molecule is CC(C)n1ccc(C(=O)N2CC[C@@H]3OCc4cnnn4[C@@H]3C2)n1. The minimum Gasteiger partial charge on any atom is -0.370 e. The summed E-state index contributed by atoms with van der Waals surface area (Å²) in [4.78, 5) is 14.6. The average molecular weight is 316 g/mol. The number of piperidine rings is 1. The van der Waals surface area contributed by atoms with Crippen molar-refractivity contribution in [2.45, 2.75) is 45.1 Å². The minimum atomic E-state index is -0.0323. The highest BCUT2D eigenvalue weighted by atomic mass is 16.5. The molecule has 0 N–H and O–H groups in total. The van der Waals surface area contributed by atoms with Crippen molar-refractivity contribution in [3.63, 3.8) is 0 Å². The summed E-state index contributed by atoms with van der Waals surface area (Å²) in [6, 6.07) is 2.06. The lowest BCUT2D eigenvalue weighted by Gasteiger charge is -2.40. The molecule has 4 heterocycles. The molecular formula is C15H20N6O2. The lowest BCUT2D eigenvalue weighted by molar-refractivity contribution is -0.0605. The van der Waals surface area contributed by atoms with Crippen molar-refractivity contribution >= 4 is 5.91 Å². The van der Waals surface area contributed by atoms with E-state index in [0.717, 1.165) is 12.1 Å².